The number of nitrogens with one attached hydrogen (secondary N) is 1. The molecule has 0 radical (unpaired) electrons. The third-order valence-corrected chi connectivity index (χ3v) is 4.97. The van der Waals surface area contributed by atoms with Gasteiger partial charge in [-0.1, -0.05) is 6.07 Å². The highest BCUT2D eigenvalue weighted by Crippen LogP contribution is 2.28. The highest BCUT2D eigenvalue weighted by molar-refractivity contribution is 7.99. The molecule has 0 unspecified atom stereocenters. The lowest BCUT2D eigenvalue weighted by atomic mass is 9.92. The largest absolute Gasteiger partial charge is 0.468 e. The first-order chi connectivity index (χ1) is 8.27. The van der Waals surface area contributed by atoms with Crippen LogP contribution in [0, 0.1) is 0 Å². The molecule has 1 fully saturated rings. The summed E-state index contributed by atoms with van der Waals surface area (Å²) in [6.45, 7) is 0.747. The van der Waals surface area contributed by atoms with Crippen molar-refractivity contribution in [1.82, 2.24) is 5.32 Å². The van der Waals surface area contributed by atoms with Crippen molar-refractivity contribution in [3.05, 3.63) is 22.4 Å². The first kappa shape index (κ1) is 12.9. The van der Waals surface area contributed by atoms with Gasteiger partial charge in [-0.15, -0.1) is 11.3 Å². The number of hydrogen-bond acceptors (Lipinski definition) is 5. The molecule has 0 aromatic carbocycles. The van der Waals surface area contributed by atoms with Crippen LogP contribution in [0.15, 0.2) is 17.5 Å². The van der Waals surface area contributed by atoms with E-state index in [1.54, 1.807) is 11.3 Å². The van der Waals surface area contributed by atoms with Crippen LogP contribution in [0.25, 0.3) is 0 Å². The fraction of sp³-hybridized carbons (Fsp3) is 0.583. The smallest absolute Gasteiger partial charge is 0.326 e. The van der Waals surface area contributed by atoms with Gasteiger partial charge in [0.1, 0.15) is 5.54 Å². The first-order valence-corrected chi connectivity index (χ1v) is 7.74. The summed E-state index contributed by atoms with van der Waals surface area (Å²) in [6.07, 6.45) is 1.71. The lowest BCUT2D eigenvalue weighted by Gasteiger charge is -2.35. The van der Waals surface area contributed by atoms with Crippen LogP contribution in [-0.2, 0) is 16.1 Å². The molecule has 1 saturated heterocycles. The van der Waals surface area contributed by atoms with Crippen molar-refractivity contribution in [2.75, 3.05) is 18.6 Å². The van der Waals surface area contributed by atoms with E-state index in [2.05, 4.69) is 16.8 Å². The van der Waals surface area contributed by atoms with E-state index >= 15 is 0 Å². The highest BCUT2D eigenvalue weighted by Gasteiger charge is 2.40. The molecule has 0 atom stereocenters. The molecule has 5 heteroatoms. The van der Waals surface area contributed by atoms with Crippen molar-refractivity contribution in [3.8, 4) is 0 Å². The second-order valence-electron chi connectivity index (χ2n) is 4.12. The molecule has 1 aromatic heterocycles. The fourth-order valence-corrected chi connectivity index (χ4v) is 3.87. The Bertz CT molecular complexity index is 359. The summed E-state index contributed by atoms with van der Waals surface area (Å²) in [4.78, 5) is 13.2. The van der Waals surface area contributed by atoms with Gasteiger partial charge >= 0.3 is 5.97 Å². The maximum absolute atomic E-state index is 12.0. The molecule has 1 aromatic rings. The van der Waals surface area contributed by atoms with Crippen molar-refractivity contribution < 1.29 is 9.53 Å². The minimum absolute atomic E-state index is 0.116. The molecule has 0 amide bonds. The third-order valence-electron chi connectivity index (χ3n) is 3.10. The summed E-state index contributed by atoms with van der Waals surface area (Å²) >= 11 is 3.61. The Kier molecular flexibility index (Phi) is 4.48. The Labute approximate surface area is 110 Å². The monoisotopic (exact) mass is 271 g/mol. The molecule has 94 valence electrons. The van der Waals surface area contributed by atoms with Crippen LogP contribution in [-0.4, -0.2) is 30.1 Å². The number of carbonyl (C=O) groups is 1. The number of hydrogen-bond donors (Lipinski definition) is 1. The minimum atomic E-state index is -0.468. The Morgan fingerprint density at radius 3 is 2.88 bits per heavy atom. The zero-order valence-corrected chi connectivity index (χ0v) is 11.5. The topological polar surface area (TPSA) is 38.3 Å². The second-order valence-corrected chi connectivity index (χ2v) is 6.38. The van der Waals surface area contributed by atoms with E-state index in [0.29, 0.717) is 0 Å². The maximum atomic E-state index is 12.0. The Morgan fingerprint density at radius 1 is 1.53 bits per heavy atom. The molecule has 1 aliphatic heterocycles. The van der Waals surface area contributed by atoms with E-state index in [-0.39, 0.29) is 5.97 Å². The lowest BCUT2D eigenvalue weighted by Crippen LogP contribution is -2.54. The number of methoxy groups -OCH3 is 1. The summed E-state index contributed by atoms with van der Waals surface area (Å²) in [7, 11) is 1.47. The van der Waals surface area contributed by atoms with Crippen LogP contribution in [0.5, 0.6) is 0 Å². The molecule has 2 rings (SSSR count). The molecule has 17 heavy (non-hydrogen) atoms. The van der Waals surface area contributed by atoms with E-state index in [0.717, 1.165) is 30.9 Å². The van der Waals surface area contributed by atoms with Crippen molar-refractivity contribution in [3.63, 3.8) is 0 Å². The number of ether oxygens (including phenoxy) is 1. The standard InChI is InChI=1S/C12H17NO2S2/c1-15-11(14)12(4-7-16-8-5-12)13-9-10-3-2-6-17-10/h2-3,6,13H,4-5,7-9H2,1H3. The second kappa shape index (κ2) is 5.89. The highest BCUT2D eigenvalue weighted by atomic mass is 32.2. The predicted octanol–water partition coefficient (Wildman–Crippen LogP) is 2.28. The summed E-state index contributed by atoms with van der Waals surface area (Å²) < 4.78 is 4.96. The molecule has 0 aliphatic carbocycles. The number of rotatable bonds is 4. The Balaban J connectivity index is 2.02. The summed E-state index contributed by atoms with van der Waals surface area (Å²) in [5, 5.41) is 5.46. The van der Waals surface area contributed by atoms with Crippen LogP contribution < -0.4 is 5.32 Å². The summed E-state index contributed by atoms with van der Waals surface area (Å²) in [6, 6.07) is 4.11. The van der Waals surface area contributed by atoms with E-state index in [4.69, 9.17) is 4.74 Å². The van der Waals surface area contributed by atoms with Gasteiger partial charge in [0, 0.05) is 11.4 Å². The van der Waals surface area contributed by atoms with Crippen molar-refractivity contribution in [1.29, 1.82) is 0 Å². The van der Waals surface area contributed by atoms with E-state index < -0.39 is 5.54 Å². The third kappa shape index (κ3) is 3.03. The first-order valence-electron chi connectivity index (χ1n) is 5.70. The van der Waals surface area contributed by atoms with Crippen molar-refractivity contribution in [2.45, 2.75) is 24.9 Å². The Morgan fingerprint density at radius 2 is 2.29 bits per heavy atom. The molecular formula is C12H17NO2S2. The van der Waals surface area contributed by atoms with Crippen molar-refractivity contribution in [2.24, 2.45) is 0 Å². The van der Waals surface area contributed by atoms with Gasteiger partial charge in [-0.05, 0) is 35.8 Å². The molecule has 0 bridgehead atoms. The van der Waals surface area contributed by atoms with Gasteiger partial charge in [0.15, 0.2) is 0 Å². The van der Waals surface area contributed by atoms with Crippen LogP contribution in [0.4, 0.5) is 0 Å². The summed E-state index contributed by atoms with van der Waals surface area (Å²) in [5.41, 5.74) is -0.468. The zero-order valence-electron chi connectivity index (χ0n) is 9.90. The minimum Gasteiger partial charge on any atom is -0.468 e. The average Bonchev–Trinajstić information content (AvgIpc) is 2.89. The number of thioether (sulfide) groups is 1. The molecule has 0 spiro atoms. The Hall–Kier alpha value is -0.520. The van der Waals surface area contributed by atoms with Crippen LogP contribution >= 0.6 is 23.1 Å². The van der Waals surface area contributed by atoms with Gasteiger partial charge in [0.05, 0.1) is 7.11 Å². The molecule has 0 saturated carbocycles. The SMILES string of the molecule is COC(=O)C1(NCc2cccs2)CCSCC1. The number of thiophene rings is 1. The molecule has 3 nitrogen and oxygen atoms in total. The van der Waals surface area contributed by atoms with E-state index in [9.17, 15) is 4.79 Å². The normalized spacial score (nSPS) is 18.9. The quantitative estimate of drug-likeness (QED) is 0.853. The van der Waals surface area contributed by atoms with E-state index in [1.807, 2.05) is 17.8 Å². The van der Waals surface area contributed by atoms with Gasteiger partial charge in [0.2, 0.25) is 0 Å². The fourth-order valence-electron chi connectivity index (χ4n) is 2.04. The van der Waals surface area contributed by atoms with Gasteiger partial charge in [0.25, 0.3) is 0 Å². The van der Waals surface area contributed by atoms with Crippen LogP contribution in [0.1, 0.15) is 17.7 Å². The molecule has 1 aliphatic rings. The van der Waals surface area contributed by atoms with Gasteiger partial charge in [-0.25, -0.2) is 0 Å². The molecular weight excluding hydrogens is 254 g/mol. The number of carbonyl (C=O) groups excluding carboxylic acids is 1. The van der Waals surface area contributed by atoms with Gasteiger partial charge in [-0.3, -0.25) is 10.1 Å². The van der Waals surface area contributed by atoms with Crippen LogP contribution in [0.3, 0.4) is 0 Å². The van der Waals surface area contributed by atoms with Gasteiger partial charge in [-0.2, -0.15) is 11.8 Å². The predicted molar refractivity (Wildman–Crippen MR) is 72.5 cm³/mol. The molecule has 2 heterocycles. The molecule has 1 N–H and O–H groups in total. The zero-order chi connectivity index (χ0) is 12.1. The summed E-state index contributed by atoms with van der Waals surface area (Å²) in [5.74, 6) is 1.92. The maximum Gasteiger partial charge on any atom is 0.326 e. The average molecular weight is 271 g/mol. The number of esters is 1. The van der Waals surface area contributed by atoms with E-state index in [1.165, 1.54) is 12.0 Å². The van der Waals surface area contributed by atoms with Gasteiger partial charge < -0.3 is 4.74 Å². The lowest BCUT2D eigenvalue weighted by molar-refractivity contribution is -0.149. The van der Waals surface area contributed by atoms with Crippen molar-refractivity contribution >= 4 is 29.1 Å². The van der Waals surface area contributed by atoms with Crippen LogP contribution in [0.2, 0.25) is 0 Å².